The van der Waals surface area contributed by atoms with Crippen molar-refractivity contribution in [2.75, 3.05) is 0 Å². The average molecular weight is 379 g/mol. The number of Topliss-reactive ketones (excluding diaryl/α,β-unsaturated/α-hetero) is 1. The molecule has 0 saturated heterocycles. The Hall–Kier alpha value is -3.72. The molecule has 0 saturated carbocycles. The molecular formula is C26H21NO2. The number of aryl methyl sites for hydroxylation is 1. The molecule has 1 heterocycles. The van der Waals surface area contributed by atoms with Crippen molar-refractivity contribution in [2.45, 2.75) is 13.8 Å². The Labute approximate surface area is 169 Å². The van der Waals surface area contributed by atoms with Crippen molar-refractivity contribution >= 4 is 5.78 Å². The number of carbonyl (C=O) groups excluding carboxylic acids is 1. The molecule has 142 valence electrons. The van der Waals surface area contributed by atoms with Gasteiger partial charge in [0, 0.05) is 11.3 Å². The molecule has 1 aromatic heterocycles. The van der Waals surface area contributed by atoms with E-state index in [1.807, 2.05) is 97.9 Å². The van der Waals surface area contributed by atoms with Crippen LogP contribution in [0.4, 0.5) is 0 Å². The molecule has 3 heteroatoms. The summed E-state index contributed by atoms with van der Waals surface area (Å²) in [7, 11) is 0. The van der Waals surface area contributed by atoms with E-state index in [0.29, 0.717) is 5.56 Å². The molecular weight excluding hydrogens is 358 g/mol. The van der Waals surface area contributed by atoms with Crippen molar-refractivity contribution in [2.24, 2.45) is 0 Å². The van der Waals surface area contributed by atoms with Crippen LogP contribution in [0.25, 0.3) is 28.1 Å². The van der Waals surface area contributed by atoms with Crippen LogP contribution in [0.1, 0.15) is 22.8 Å². The molecule has 0 unspecified atom stereocenters. The molecule has 0 amide bonds. The van der Waals surface area contributed by atoms with Gasteiger partial charge in [-0.1, -0.05) is 78.4 Å². The smallest absolute Gasteiger partial charge is 0.267 e. The highest BCUT2D eigenvalue weighted by atomic mass is 16.1. The van der Waals surface area contributed by atoms with E-state index in [4.69, 9.17) is 0 Å². The van der Waals surface area contributed by atoms with E-state index < -0.39 is 0 Å². The molecule has 0 atom stereocenters. The van der Waals surface area contributed by atoms with Crippen LogP contribution in [0.5, 0.6) is 0 Å². The van der Waals surface area contributed by atoms with Crippen LogP contribution in [0.3, 0.4) is 0 Å². The number of rotatable bonds is 4. The van der Waals surface area contributed by atoms with Gasteiger partial charge >= 0.3 is 0 Å². The quantitative estimate of drug-likeness (QED) is 0.428. The molecule has 0 aliphatic carbocycles. The molecule has 29 heavy (non-hydrogen) atoms. The van der Waals surface area contributed by atoms with Gasteiger partial charge in [-0.3, -0.25) is 14.2 Å². The number of hydrogen-bond acceptors (Lipinski definition) is 2. The molecule has 4 rings (SSSR count). The third-order valence-corrected chi connectivity index (χ3v) is 5.01. The Kier molecular flexibility index (Phi) is 4.96. The number of aromatic nitrogens is 1. The van der Waals surface area contributed by atoms with Crippen molar-refractivity contribution in [3.63, 3.8) is 0 Å². The first kappa shape index (κ1) is 18.6. The minimum Gasteiger partial charge on any atom is -0.294 e. The van der Waals surface area contributed by atoms with Gasteiger partial charge < -0.3 is 0 Å². The van der Waals surface area contributed by atoms with Gasteiger partial charge in [0.15, 0.2) is 5.78 Å². The lowest BCUT2D eigenvalue weighted by atomic mass is 9.96. The summed E-state index contributed by atoms with van der Waals surface area (Å²) in [5.74, 6) is -0.241. The molecule has 0 aliphatic rings. The zero-order valence-electron chi connectivity index (χ0n) is 16.4. The van der Waals surface area contributed by atoms with Gasteiger partial charge in [-0.05, 0) is 43.2 Å². The molecule has 0 N–H and O–H groups in total. The highest BCUT2D eigenvalue weighted by molar-refractivity contribution is 6.01. The molecule has 0 radical (unpaired) electrons. The molecule has 4 aromatic rings. The average Bonchev–Trinajstić information content (AvgIpc) is 2.75. The lowest BCUT2D eigenvalue weighted by molar-refractivity contribution is 0.101. The fourth-order valence-corrected chi connectivity index (χ4v) is 3.57. The van der Waals surface area contributed by atoms with Gasteiger partial charge in [-0.15, -0.1) is 0 Å². The lowest BCUT2D eigenvalue weighted by Gasteiger charge is -2.18. The van der Waals surface area contributed by atoms with Gasteiger partial charge in [0.1, 0.15) is 0 Å². The van der Waals surface area contributed by atoms with E-state index in [2.05, 4.69) is 0 Å². The number of pyridine rings is 1. The van der Waals surface area contributed by atoms with Crippen LogP contribution in [0.2, 0.25) is 0 Å². The fourth-order valence-electron chi connectivity index (χ4n) is 3.57. The molecule has 0 fully saturated rings. The maximum atomic E-state index is 13.6. The fraction of sp³-hybridized carbons (Fsp3) is 0.0769. The summed E-state index contributed by atoms with van der Waals surface area (Å²) < 4.78 is 1.64. The van der Waals surface area contributed by atoms with Gasteiger partial charge in [0.05, 0.1) is 11.3 Å². The Morgan fingerprint density at radius 2 is 1.31 bits per heavy atom. The molecule has 0 spiro atoms. The van der Waals surface area contributed by atoms with E-state index in [-0.39, 0.29) is 16.9 Å². The predicted molar refractivity (Wildman–Crippen MR) is 118 cm³/mol. The highest BCUT2D eigenvalue weighted by Gasteiger charge is 2.21. The number of benzene rings is 3. The van der Waals surface area contributed by atoms with Gasteiger partial charge in [0.2, 0.25) is 0 Å². The summed E-state index contributed by atoms with van der Waals surface area (Å²) in [6.07, 6.45) is 0. The van der Waals surface area contributed by atoms with Gasteiger partial charge in [-0.2, -0.15) is 0 Å². The second-order valence-corrected chi connectivity index (χ2v) is 7.08. The summed E-state index contributed by atoms with van der Waals surface area (Å²) in [5, 5.41) is 0. The van der Waals surface area contributed by atoms with Crippen molar-refractivity contribution < 1.29 is 4.79 Å². The zero-order valence-corrected chi connectivity index (χ0v) is 16.4. The summed E-state index contributed by atoms with van der Waals surface area (Å²) in [5.41, 5.74) is 4.92. The third kappa shape index (κ3) is 3.55. The van der Waals surface area contributed by atoms with E-state index in [1.165, 1.54) is 6.92 Å². The number of nitrogens with zero attached hydrogens (tertiary/aromatic N) is 1. The SMILES string of the molecule is CC(=O)c1c(-c2ccccc2)cc(-c2ccccc2)n(-c2ccc(C)cc2)c1=O. The van der Waals surface area contributed by atoms with Crippen LogP contribution in [0, 0.1) is 6.92 Å². The summed E-state index contributed by atoms with van der Waals surface area (Å²) in [6.45, 7) is 3.45. The van der Waals surface area contributed by atoms with Crippen molar-refractivity contribution in [3.8, 4) is 28.1 Å². The van der Waals surface area contributed by atoms with Crippen LogP contribution in [-0.2, 0) is 0 Å². The normalized spacial score (nSPS) is 10.7. The monoisotopic (exact) mass is 379 g/mol. The van der Waals surface area contributed by atoms with E-state index in [1.54, 1.807) is 4.57 Å². The second-order valence-electron chi connectivity index (χ2n) is 7.08. The first-order valence-corrected chi connectivity index (χ1v) is 9.55. The molecule has 0 bridgehead atoms. The number of ketones is 1. The minimum atomic E-state index is -0.304. The van der Waals surface area contributed by atoms with Crippen LogP contribution in [-0.4, -0.2) is 10.4 Å². The summed E-state index contributed by atoms with van der Waals surface area (Å²) >= 11 is 0. The Balaban J connectivity index is 2.12. The first-order valence-electron chi connectivity index (χ1n) is 9.55. The van der Waals surface area contributed by atoms with Crippen LogP contribution in [0.15, 0.2) is 95.8 Å². The minimum absolute atomic E-state index is 0.205. The first-order chi connectivity index (χ1) is 14.1. The Morgan fingerprint density at radius 1 is 0.759 bits per heavy atom. The maximum Gasteiger partial charge on any atom is 0.267 e. The Morgan fingerprint density at radius 3 is 1.86 bits per heavy atom. The largest absolute Gasteiger partial charge is 0.294 e. The number of hydrogen-bond donors (Lipinski definition) is 0. The van der Waals surface area contributed by atoms with E-state index in [9.17, 15) is 9.59 Å². The third-order valence-electron chi connectivity index (χ3n) is 5.01. The lowest BCUT2D eigenvalue weighted by Crippen LogP contribution is -2.27. The predicted octanol–water partition coefficient (Wildman–Crippen LogP) is 5.68. The van der Waals surface area contributed by atoms with Crippen molar-refractivity contribution in [1.29, 1.82) is 0 Å². The summed E-state index contributed by atoms with van der Waals surface area (Å²) in [6, 6.07) is 29.1. The van der Waals surface area contributed by atoms with E-state index in [0.717, 1.165) is 28.1 Å². The topological polar surface area (TPSA) is 39.1 Å². The van der Waals surface area contributed by atoms with Crippen molar-refractivity contribution in [1.82, 2.24) is 4.57 Å². The molecule has 3 aromatic carbocycles. The summed E-state index contributed by atoms with van der Waals surface area (Å²) in [4.78, 5) is 26.2. The van der Waals surface area contributed by atoms with Gasteiger partial charge in [-0.25, -0.2) is 0 Å². The van der Waals surface area contributed by atoms with Crippen LogP contribution < -0.4 is 5.56 Å². The van der Waals surface area contributed by atoms with Gasteiger partial charge in [0.25, 0.3) is 5.56 Å². The second kappa shape index (κ2) is 7.72. The highest BCUT2D eigenvalue weighted by Crippen LogP contribution is 2.29. The molecule has 0 aliphatic heterocycles. The van der Waals surface area contributed by atoms with E-state index >= 15 is 0 Å². The standard InChI is InChI=1S/C26H21NO2/c1-18-13-15-22(16-14-18)27-24(21-11-7-4-8-12-21)17-23(20-9-5-3-6-10-20)25(19(2)28)26(27)29/h3-17H,1-2H3. The maximum absolute atomic E-state index is 13.6. The number of carbonyl (C=O) groups is 1. The molecule has 3 nitrogen and oxygen atoms in total. The van der Waals surface area contributed by atoms with Crippen molar-refractivity contribution in [3.05, 3.63) is 112 Å². The zero-order chi connectivity index (χ0) is 20.4. The Bertz CT molecular complexity index is 1220. The van der Waals surface area contributed by atoms with Crippen LogP contribution >= 0.6 is 0 Å².